The highest BCUT2D eigenvalue weighted by Crippen LogP contribution is 2.38. The average molecular weight is 497 g/mol. The predicted octanol–water partition coefficient (Wildman–Crippen LogP) is 7.49. The Kier molecular flexibility index (Phi) is 6.55. The Balaban J connectivity index is 1.51. The van der Waals surface area contributed by atoms with Crippen LogP contribution in [0.15, 0.2) is 96.2 Å². The lowest BCUT2D eigenvalue weighted by molar-refractivity contribution is -0.144. The van der Waals surface area contributed by atoms with Crippen LogP contribution in [0.1, 0.15) is 54.3 Å². The summed E-state index contributed by atoms with van der Waals surface area (Å²) in [6, 6.07) is 29.4. The van der Waals surface area contributed by atoms with Crippen LogP contribution in [0.4, 0.5) is 0 Å². The molecule has 1 aliphatic rings. The molecule has 36 heavy (non-hydrogen) atoms. The third-order valence-electron chi connectivity index (χ3n) is 6.72. The van der Waals surface area contributed by atoms with E-state index >= 15 is 0 Å². The topological polar surface area (TPSA) is 43.6 Å². The molecule has 0 radical (unpaired) electrons. The van der Waals surface area contributed by atoms with Gasteiger partial charge in [0.05, 0.1) is 5.71 Å². The number of oxime groups is 1. The maximum atomic E-state index is 13.4. The van der Waals surface area contributed by atoms with Crippen molar-refractivity contribution in [1.82, 2.24) is 4.57 Å². The average Bonchev–Trinajstić information content (AvgIpc) is 3.19. The van der Waals surface area contributed by atoms with Crippen molar-refractivity contribution in [3.05, 3.63) is 124 Å². The summed E-state index contributed by atoms with van der Waals surface area (Å²) >= 11 is 6.13. The van der Waals surface area contributed by atoms with E-state index in [1.807, 2.05) is 84.9 Å². The standard InChI is InChI=1S/C31H29ClN2O2/c1-21-18-26-27(19-31(2,3)20-28(26)34(21)25-16-14-24(32)15-17-25)33-36-30(35)29(22-10-6-4-7-11-22)23-12-8-5-9-13-23/h4-18,29H,19-20H2,1-3H3/b33-27+. The van der Waals surface area contributed by atoms with Gasteiger partial charge in [0.15, 0.2) is 0 Å². The zero-order chi connectivity index (χ0) is 25.3. The maximum absolute atomic E-state index is 13.4. The molecule has 0 saturated heterocycles. The summed E-state index contributed by atoms with van der Waals surface area (Å²) in [5.74, 6) is -0.938. The third kappa shape index (κ3) is 4.87. The lowest BCUT2D eigenvalue weighted by atomic mass is 9.76. The number of hydrogen-bond acceptors (Lipinski definition) is 3. The summed E-state index contributed by atoms with van der Waals surface area (Å²) in [4.78, 5) is 19.1. The van der Waals surface area contributed by atoms with Gasteiger partial charge in [-0.25, -0.2) is 4.79 Å². The molecule has 0 atom stereocenters. The van der Waals surface area contributed by atoms with Crippen molar-refractivity contribution in [2.75, 3.05) is 0 Å². The normalized spacial score (nSPS) is 15.6. The number of hydrogen-bond donors (Lipinski definition) is 0. The van der Waals surface area contributed by atoms with Crippen LogP contribution in [0.25, 0.3) is 5.69 Å². The van der Waals surface area contributed by atoms with Crippen molar-refractivity contribution in [3.63, 3.8) is 0 Å². The predicted molar refractivity (Wildman–Crippen MR) is 145 cm³/mol. The molecular formula is C31H29ClN2O2. The van der Waals surface area contributed by atoms with Gasteiger partial charge in [-0.3, -0.25) is 0 Å². The first kappa shape index (κ1) is 24.1. The van der Waals surface area contributed by atoms with Crippen molar-refractivity contribution < 1.29 is 9.63 Å². The number of fused-ring (bicyclic) bond motifs is 1. The zero-order valence-electron chi connectivity index (χ0n) is 20.7. The molecule has 3 aromatic carbocycles. The van der Waals surface area contributed by atoms with Gasteiger partial charge in [-0.15, -0.1) is 0 Å². The first-order chi connectivity index (χ1) is 17.3. The van der Waals surface area contributed by atoms with Gasteiger partial charge >= 0.3 is 5.97 Å². The van der Waals surface area contributed by atoms with E-state index in [1.54, 1.807) is 0 Å². The van der Waals surface area contributed by atoms with Crippen molar-refractivity contribution >= 4 is 23.3 Å². The Bertz CT molecular complexity index is 1360. The van der Waals surface area contributed by atoms with Gasteiger partial charge in [0.1, 0.15) is 5.92 Å². The van der Waals surface area contributed by atoms with E-state index in [0.717, 1.165) is 46.6 Å². The van der Waals surface area contributed by atoms with Gasteiger partial charge < -0.3 is 9.40 Å². The Morgan fingerprint density at radius 1 is 0.917 bits per heavy atom. The number of carbonyl (C=O) groups is 1. The molecule has 182 valence electrons. The molecule has 0 N–H and O–H groups in total. The van der Waals surface area contributed by atoms with Crippen molar-refractivity contribution in [1.29, 1.82) is 0 Å². The molecule has 0 amide bonds. The maximum Gasteiger partial charge on any atom is 0.346 e. The summed E-state index contributed by atoms with van der Waals surface area (Å²) in [6.45, 7) is 6.53. The SMILES string of the molecule is Cc1cc2c(n1-c1ccc(Cl)cc1)CC(C)(C)C/C2=N\OC(=O)C(c1ccccc1)c1ccccc1. The molecular weight excluding hydrogens is 468 g/mol. The highest BCUT2D eigenvalue weighted by molar-refractivity contribution is 6.30. The van der Waals surface area contributed by atoms with E-state index in [1.165, 1.54) is 5.69 Å². The summed E-state index contributed by atoms with van der Waals surface area (Å²) < 4.78 is 2.25. The van der Waals surface area contributed by atoms with Crippen LogP contribution in [0.5, 0.6) is 0 Å². The van der Waals surface area contributed by atoms with E-state index in [2.05, 4.69) is 36.6 Å². The molecule has 1 aromatic heterocycles. The molecule has 0 saturated carbocycles. The Labute approximate surface area is 217 Å². The number of aromatic nitrogens is 1. The van der Waals surface area contributed by atoms with Crippen LogP contribution in [-0.4, -0.2) is 16.2 Å². The Morgan fingerprint density at radius 2 is 1.50 bits per heavy atom. The van der Waals surface area contributed by atoms with Crippen LogP contribution < -0.4 is 0 Å². The number of halogens is 1. The fourth-order valence-electron chi connectivity index (χ4n) is 5.12. The minimum atomic E-state index is -0.548. The third-order valence-corrected chi connectivity index (χ3v) is 6.97. The number of rotatable bonds is 5. The van der Waals surface area contributed by atoms with E-state index in [-0.39, 0.29) is 5.41 Å². The quantitative estimate of drug-likeness (QED) is 0.212. The zero-order valence-corrected chi connectivity index (χ0v) is 21.5. The largest absolute Gasteiger partial charge is 0.346 e. The summed E-state index contributed by atoms with van der Waals surface area (Å²) in [5.41, 5.74) is 6.88. The number of nitrogens with zero attached hydrogens (tertiary/aromatic N) is 2. The molecule has 0 aliphatic heterocycles. The van der Waals surface area contributed by atoms with Gasteiger partial charge in [0.2, 0.25) is 0 Å². The molecule has 4 aromatic rings. The Morgan fingerprint density at radius 3 is 2.08 bits per heavy atom. The van der Waals surface area contributed by atoms with Gasteiger partial charge in [0.25, 0.3) is 0 Å². The molecule has 1 heterocycles. The molecule has 0 unspecified atom stereocenters. The second kappa shape index (κ2) is 9.79. The van der Waals surface area contributed by atoms with Crippen LogP contribution in [0, 0.1) is 12.3 Å². The van der Waals surface area contributed by atoms with Gasteiger partial charge in [-0.1, -0.05) is 91.3 Å². The highest BCUT2D eigenvalue weighted by Gasteiger charge is 2.34. The molecule has 0 bridgehead atoms. The minimum Gasteiger partial charge on any atom is -0.318 e. The first-order valence-electron chi connectivity index (χ1n) is 12.2. The van der Waals surface area contributed by atoms with E-state index < -0.39 is 11.9 Å². The first-order valence-corrected chi connectivity index (χ1v) is 12.6. The van der Waals surface area contributed by atoms with Crippen LogP contribution >= 0.6 is 11.6 Å². The molecule has 5 rings (SSSR count). The molecule has 1 aliphatic carbocycles. The molecule has 0 fully saturated rings. The fourth-order valence-corrected chi connectivity index (χ4v) is 5.24. The van der Waals surface area contributed by atoms with Crippen molar-refractivity contribution in [2.24, 2.45) is 10.6 Å². The van der Waals surface area contributed by atoms with E-state index in [4.69, 9.17) is 16.4 Å². The molecule has 5 heteroatoms. The second-order valence-electron chi connectivity index (χ2n) is 10.2. The smallest absolute Gasteiger partial charge is 0.318 e. The minimum absolute atomic E-state index is 0.0362. The summed E-state index contributed by atoms with van der Waals surface area (Å²) in [7, 11) is 0. The Hall–Kier alpha value is -3.63. The highest BCUT2D eigenvalue weighted by atomic mass is 35.5. The number of aryl methyl sites for hydroxylation is 1. The van der Waals surface area contributed by atoms with Gasteiger partial charge in [0, 0.05) is 27.7 Å². The van der Waals surface area contributed by atoms with Gasteiger partial charge in [-0.2, -0.15) is 0 Å². The lowest BCUT2D eigenvalue weighted by Gasteiger charge is -2.31. The lowest BCUT2D eigenvalue weighted by Crippen LogP contribution is -2.29. The van der Waals surface area contributed by atoms with Crippen LogP contribution in [0.2, 0.25) is 5.02 Å². The summed E-state index contributed by atoms with van der Waals surface area (Å²) in [6.07, 6.45) is 1.61. The van der Waals surface area contributed by atoms with E-state index in [0.29, 0.717) is 5.02 Å². The van der Waals surface area contributed by atoms with Gasteiger partial charge in [-0.05, 0) is 66.6 Å². The fraction of sp³-hybridized carbons (Fsp3) is 0.226. The van der Waals surface area contributed by atoms with Crippen molar-refractivity contribution in [3.8, 4) is 5.69 Å². The van der Waals surface area contributed by atoms with Crippen molar-refractivity contribution in [2.45, 2.75) is 39.5 Å². The monoisotopic (exact) mass is 496 g/mol. The van der Waals surface area contributed by atoms with Crippen LogP contribution in [0.3, 0.4) is 0 Å². The molecule has 0 spiro atoms. The second-order valence-corrected chi connectivity index (χ2v) is 10.6. The number of benzene rings is 3. The molecule has 4 nitrogen and oxygen atoms in total. The summed E-state index contributed by atoms with van der Waals surface area (Å²) in [5, 5.41) is 5.19. The van der Waals surface area contributed by atoms with E-state index in [9.17, 15) is 4.79 Å². The van der Waals surface area contributed by atoms with Crippen LogP contribution in [-0.2, 0) is 16.1 Å². The number of carbonyl (C=O) groups excluding carboxylic acids is 1.